The van der Waals surface area contributed by atoms with Crippen LogP contribution >= 0.6 is 10.1 Å². The number of aromatic carboxylic acids is 1. The molecule has 0 unspecified atom stereocenters. The summed E-state index contributed by atoms with van der Waals surface area (Å²) in [6.07, 6.45) is 0. The van der Waals surface area contributed by atoms with Crippen LogP contribution in [0.1, 0.15) is 10.6 Å². The molecule has 0 saturated heterocycles. The summed E-state index contributed by atoms with van der Waals surface area (Å²) in [6, 6.07) is 0. The summed E-state index contributed by atoms with van der Waals surface area (Å²) in [5.74, 6) is -1.58. The third-order valence-electron chi connectivity index (χ3n) is 0.510. The van der Waals surface area contributed by atoms with Gasteiger partial charge in [-0.3, -0.25) is 10.4 Å². The minimum atomic E-state index is -1.21. The molecule has 1 aromatic rings. The van der Waals surface area contributed by atoms with Crippen LogP contribution in [-0.2, 0) is 14.8 Å². The van der Waals surface area contributed by atoms with Crippen LogP contribution in [0.25, 0.3) is 0 Å². The van der Waals surface area contributed by atoms with Gasteiger partial charge in [-0.1, -0.05) is 0 Å². The molecule has 16 N–H and O–H groups in total. The van der Waals surface area contributed by atoms with Gasteiger partial charge in [0.05, 0.1) is 0 Å². The number of halogens is 1. The summed E-state index contributed by atoms with van der Waals surface area (Å²) in [5.41, 5.74) is 0. The number of aromatic nitrogens is 4. The summed E-state index contributed by atoms with van der Waals surface area (Å²) >= 11 is 3.03. The molecule has 0 aromatic carbocycles. The van der Waals surface area contributed by atoms with Crippen molar-refractivity contribution in [3.05, 3.63) is 5.82 Å². The predicted molar refractivity (Wildman–Crippen MR) is 51.1 cm³/mol. The number of nitrogens with zero attached hydrogens (tertiary/aromatic N) is 4. The summed E-state index contributed by atoms with van der Waals surface area (Å²) in [4.78, 5) is 9.86. The summed E-state index contributed by atoms with van der Waals surface area (Å²) in [6.45, 7) is 0. The zero-order valence-corrected chi connectivity index (χ0v) is 9.69. The summed E-state index contributed by atoms with van der Waals surface area (Å²) in [7, 11) is 4.33. The molecule has 0 aliphatic carbocycles. The zero-order valence-electron chi connectivity index (χ0n) is 7.89. The van der Waals surface area contributed by atoms with Crippen molar-refractivity contribution in [2.75, 3.05) is 0 Å². The number of carboxylic acid groups (broad SMARTS) is 1. The Bertz CT molecular complexity index is 194. The van der Waals surface area contributed by atoms with Crippen LogP contribution in [0.5, 0.6) is 0 Å². The first-order chi connectivity index (χ1) is 4.80. The molecule has 0 aliphatic rings. The molecule has 0 atom stereocenters. The van der Waals surface area contributed by atoms with Crippen molar-refractivity contribution in [1.29, 1.82) is 0 Å². The van der Waals surface area contributed by atoms with Gasteiger partial charge in [-0.05, 0) is 0 Å². The van der Waals surface area contributed by atoms with Crippen molar-refractivity contribution in [3.63, 3.8) is 0 Å². The average Bonchev–Trinajstić information content (AvgIpc) is 2.42. The second kappa shape index (κ2) is 23.2. The van der Waals surface area contributed by atoms with E-state index in [1.807, 2.05) is 0 Å². The van der Waals surface area contributed by atoms with E-state index in [0.29, 0.717) is 0 Å². The Kier molecular flexibility index (Phi) is 56.9. The number of carbonyl (C=O) groups is 1. The Balaban J connectivity index is -0.0000000274. The van der Waals surface area contributed by atoms with Gasteiger partial charge in [-0.15, -0.1) is 0 Å². The van der Waals surface area contributed by atoms with Crippen molar-refractivity contribution < 1.29 is 24.7 Å². The van der Waals surface area contributed by atoms with E-state index in [4.69, 9.17) is 5.11 Å². The van der Waals surface area contributed by atoms with E-state index in [2.05, 4.69) is 45.6 Å². The van der Waals surface area contributed by atoms with Gasteiger partial charge in [0, 0.05) is 0 Å². The third kappa shape index (κ3) is 15.9. The van der Waals surface area contributed by atoms with E-state index < -0.39 is 5.97 Å². The van der Waals surface area contributed by atoms with Crippen LogP contribution in [0, 0.1) is 0 Å². The molecule has 15 heavy (non-hydrogen) atoms. The SMILES string of the molecule is N.N.N.N.N.O=C(O)c1nn[n-]n1.[Cl][Co+]. The van der Waals surface area contributed by atoms with Gasteiger partial charge in [-0.2, -0.15) is 0 Å². The fourth-order valence-electron chi connectivity index (χ4n) is 0.230. The Hall–Kier alpha value is -0.864. The molecular weight excluding hydrogens is 276 g/mol. The first-order valence-corrected chi connectivity index (χ1v) is 3.28. The normalized spacial score (nSPS) is 5.20. The Labute approximate surface area is 98.5 Å². The van der Waals surface area contributed by atoms with E-state index in [9.17, 15) is 4.79 Å². The van der Waals surface area contributed by atoms with Gasteiger partial charge in [-0.25, -0.2) is 9.89 Å². The Morgan fingerprint density at radius 2 is 1.60 bits per heavy atom. The number of rotatable bonds is 1. The number of tetrazole rings is 1. The van der Waals surface area contributed by atoms with Gasteiger partial charge < -0.3 is 41.0 Å². The standard InChI is InChI=1S/C2H2N4O2.ClH.Co.5H3N/c7-2(8)1-3-5-6-4-1;;;;;;;/h(H2,3,4,5,6,7,8);1H;;5*1H3/q;;+2;;;;;/p-2. The van der Waals surface area contributed by atoms with Gasteiger partial charge >= 0.3 is 31.0 Å². The quantitative estimate of drug-likeness (QED) is 0.401. The molecule has 13 heteroatoms. The molecule has 0 radical (unpaired) electrons. The zero-order chi connectivity index (χ0) is 7.98. The maximum atomic E-state index is 9.86. The van der Waals surface area contributed by atoms with Crippen molar-refractivity contribution in [2.45, 2.75) is 0 Å². The topological polar surface area (TPSA) is 265 Å². The molecule has 0 fully saturated rings. The molecule has 0 saturated carbocycles. The van der Waals surface area contributed by atoms with Crippen molar-refractivity contribution >= 4 is 16.1 Å². The van der Waals surface area contributed by atoms with Crippen molar-refractivity contribution in [1.82, 2.24) is 51.4 Å². The van der Waals surface area contributed by atoms with Gasteiger partial charge in [0.15, 0.2) is 5.82 Å². The van der Waals surface area contributed by atoms with E-state index in [0.717, 1.165) is 0 Å². The summed E-state index contributed by atoms with van der Waals surface area (Å²) < 4.78 is 0. The van der Waals surface area contributed by atoms with Crippen LogP contribution in [0.3, 0.4) is 0 Å². The average molecular weight is 293 g/mol. The third-order valence-corrected chi connectivity index (χ3v) is 0.510. The predicted octanol–water partition coefficient (Wildman–Crippen LogP) is 0.0240. The number of hydrogen-bond acceptors (Lipinski definition) is 9. The van der Waals surface area contributed by atoms with E-state index in [1.165, 1.54) is 0 Å². The molecule has 1 rings (SSSR count). The first kappa shape index (κ1) is 36.8. The monoisotopic (exact) mass is 292 g/mol. The second-order valence-electron chi connectivity index (χ2n) is 1.01. The van der Waals surface area contributed by atoms with Gasteiger partial charge in [0.1, 0.15) is 0 Å². The molecule has 0 spiro atoms. The van der Waals surface area contributed by atoms with Crippen LogP contribution in [-0.4, -0.2) is 26.5 Å². The van der Waals surface area contributed by atoms with E-state index >= 15 is 0 Å². The molecular formula is C2H16ClCoN9O2. The van der Waals surface area contributed by atoms with Crippen molar-refractivity contribution in [2.24, 2.45) is 0 Å². The fourth-order valence-corrected chi connectivity index (χ4v) is 0.230. The molecule has 0 aliphatic heterocycles. The van der Waals surface area contributed by atoms with Crippen LogP contribution < -0.4 is 36.0 Å². The van der Waals surface area contributed by atoms with Crippen LogP contribution in [0.4, 0.5) is 0 Å². The Morgan fingerprint density at radius 1 is 1.20 bits per heavy atom. The van der Waals surface area contributed by atoms with Gasteiger partial charge in [0.25, 0.3) is 0 Å². The molecule has 0 amide bonds. The number of hydrogen-bond donors (Lipinski definition) is 6. The van der Waals surface area contributed by atoms with Crippen LogP contribution in [0.2, 0.25) is 0 Å². The molecule has 11 nitrogen and oxygen atoms in total. The second-order valence-corrected chi connectivity index (χ2v) is 1.01. The first-order valence-electron chi connectivity index (χ1n) is 1.85. The molecule has 1 heterocycles. The Morgan fingerprint density at radius 3 is 1.73 bits per heavy atom. The van der Waals surface area contributed by atoms with Gasteiger partial charge in [0.2, 0.25) is 0 Å². The fraction of sp³-hybridized carbons (Fsp3) is 0. The van der Waals surface area contributed by atoms with Crippen molar-refractivity contribution in [3.8, 4) is 0 Å². The molecule has 0 bridgehead atoms. The summed E-state index contributed by atoms with van der Waals surface area (Å²) in [5, 5.41) is 20.1. The number of carboxylic acids is 1. The minimum absolute atomic E-state index is 0. The molecule has 97 valence electrons. The van der Waals surface area contributed by atoms with Crippen LogP contribution in [0.15, 0.2) is 0 Å². The van der Waals surface area contributed by atoms with E-state index in [1.54, 1.807) is 0 Å². The molecule has 1 aromatic heterocycles. The maximum absolute atomic E-state index is 9.86. The van der Waals surface area contributed by atoms with E-state index in [-0.39, 0.29) is 36.6 Å².